The van der Waals surface area contributed by atoms with Gasteiger partial charge in [0.2, 0.25) is 5.95 Å². The summed E-state index contributed by atoms with van der Waals surface area (Å²) in [7, 11) is 0. The predicted octanol–water partition coefficient (Wildman–Crippen LogP) is 3.32. The van der Waals surface area contributed by atoms with E-state index in [1.165, 1.54) is 5.56 Å². The monoisotopic (exact) mass is 343 g/mol. The van der Waals surface area contributed by atoms with Crippen molar-refractivity contribution in [2.45, 2.75) is 13.3 Å². The molecule has 0 saturated carbocycles. The van der Waals surface area contributed by atoms with Crippen molar-refractivity contribution in [1.82, 2.24) is 9.97 Å². The first kappa shape index (κ1) is 17.1. The molecule has 0 spiro atoms. The van der Waals surface area contributed by atoms with Crippen LogP contribution in [0.2, 0.25) is 0 Å². The largest absolute Gasteiger partial charge is 0.290 e. The van der Waals surface area contributed by atoms with E-state index in [-0.39, 0.29) is 11.5 Å². The molecule has 2 aromatic carbocycles. The molecular formula is C20H17N5O. The van der Waals surface area contributed by atoms with Gasteiger partial charge in [0.05, 0.1) is 11.9 Å². The third-order valence-electron chi connectivity index (χ3n) is 3.89. The van der Waals surface area contributed by atoms with Gasteiger partial charge in [-0.05, 0) is 17.5 Å². The second kappa shape index (κ2) is 7.90. The van der Waals surface area contributed by atoms with Gasteiger partial charge in [0.25, 0.3) is 5.56 Å². The highest BCUT2D eigenvalue weighted by atomic mass is 16.1. The van der Waals surface area contributed by atoms with E-state index in [4.69, 9.17) is 0 Å². The van der Waals surface area contributed by atoms with Crippen LogP contribution in [-0.2, 0) is 6.42 Å². The van der Waals surface area contributed by atoms with Gasteiger partial charge in [0.1, 0.15) is 11.6 Å². The van der Waals surface area contributed by atoms with E-state index in [0.29, 0.717) is 11.3 Å². The molecule has 0 bridgehead atoms. The second-order valence-electron chi connectivity index (χ2n) is 5.54. The molecule has 0 aliphatic carbocycles. The van der Waals surface area contributed by atoms with E-state index in [9.17, 15) is 10.1 Å². The van der Waals surface area contributed by atoms with E-state index in [1.807, 2.05) is 48.5 Å². The minimum absolute atomic E-state index is 0.0259. The fraction of sp³-hybridized carbons (Fsp3) is 0.100. The molecule has 6 nitrogen and oxygen atoms in total. The first-order valence-electron chi connectivity index (χ1n) is 8.19. The third kappa shape index (κ3) is 3.68. The number of nitrogens with zero attached hydrogens (tertiary/aromatic N) is 3. The zero-order chi connectivity index (χ0) is 18.4. The lowest BCUT2D eigenvalue weighted by atomic mass is 10.1. The van der Waals surface area contributed by atoms with Crippen molar-refractivity contribution < 1.29 is 0 Å². The number of nitriles is 1. The molecule has 128 valence electrons. The molecule has 0 aliphatic heterocycles. The fourth-order valence-electron chi connectivity index (χ4n) is 2.58. The SMILES string of the molecule is CCc1ccccc1C=NNc1nc(-c2ccccc2)c(C#N)c(=O)[nH]1. The zero-order valence-corrected chi connectivity index (χ0v) is 14.2. The van der Waals surface area contributed by atoms with E-state index in [0.717, 1.165) is 12.0 Å². The summed E-state index contributed by atoms with van der Waals surface area (Å²) in [6.45, 7) is 2.08. The van der Waals surface area contributed by atoms with Gasteiger partial charge in [-0.15, -0.1) is 0 Å². The summed E-state index contributed by atoms with van der Waals surface area (Å²) < 4.78 is 0. The van der Waals surface area contributed by atoms with Gasteiger partial charge in [-0.1, -0.05) is 61.5 Å². The van der Waals surface area contributed by atoms with Gasteiger partial charge in [-0.3, -0.25) is 9.78 Å². The summed E-state index contributed by atoms with van der Waals surface area (Å²) in [5.74, 6) is 0.179. The lowest BCUT2D eigenvalue weighted by Gasteiger charge is -2.06. The van der Waals surface area contributed by atoms with Crippen LogP contribution in [0.15, 0.2) is 64.5 Å². The number of rotatable bonds is 5. The van der Waals surface area contributed by atoms with Crippen LogP contribution in [0.4, 0.5) is 5.95 Å². The van der Waals surface area contributed by atoms with Crippen molar-refractivity contribution in [2.24, 2.45) is 5.10 Å². The van der Waals surface area contributed by atoms with Crippen molar-refractivity contribution >= 4 is 12.2 Å². The number of hydrogen-bond donors (Lipinski definition) is 2. The van der Waals surface area contributed by atoms with E-state index in [1.54, 1.807) is 18.3 Å². The maximum Gasteiger partial charge on any atom is 0.270 e. The van der Waals surface area contributed by atoms with Crippen LogP contribution in [0.3, 0.4) is 0 Å². The van der Waals surface area contributed by atoms with E-state index >= 15 is 0 Å². The highest BCUT2D eigenvalue weighted by Crippen LogP contribution is 2.19. The molecule has 1 aromatic heterocycles. The van der Waals surface area contributed by atoms with Gasteiger partial charge in [-0.25, -0.2) is 10.4 Å². The fourth-order valence-corrected chi connectivity index (χ4v) is 2.58. The van der Waals surface area contributed by atoms with Crippen molar-refractivity contribution in [2.75, 3.05) is 5.43 Å². The maximum atomic E-state index is 12.2. The summed E-state index contributed by atoms with van der Waals surface area (Å²) in [5, 5.41) is 13.4. The molecular weight excluding hydrogens is 326 g/mol. The maximum absolute atomic E-state index is 12.2. The minimum atomic E-state index is -0.506. The average molecular weight is 343 g/mol. The lowest BCUT2D eigenvalue weighted by molar-refractivity contribution is 1.07. The highest BCUT2D eigenvalue weighted by molar-refractivity contribution is 5.82. The summed E-state index contributed by atoms with van der Waals surface area (Å²) >= 11 is 0. The highest BCUT2D eigenvalue weighted by Gasteiger charge is 2.12. The quantitative estimate of drug-likeness (QED) is 0.549. The average Bonchev–Trinajstić information content (AvgIpc) is 2.68. The number of benzene rings is 2. The van der Waals surface area contributed by atoms with Gasteiger partial charge >= 0.3 is 0 Å². The summed E-state index contributed by atoms with van der Waals surface area (Å²) in [6.07, 6.45) is 2.57. The topological polar surface area (TPSA) is 93.9 Å². The van der Waals surface area contributed by atoms with Gasteiger partial charge in [0.15, 0.2) is 0 Å². The first-order chi connectivity index (χ1) is 12.7. The number of anilines is 1. The Labute approximate surface area is 150 Å². The van der Waals surface area contributed by atoms with Crippen LogP contribution in [0, 0.1) is 11.3 Å². The van der Waals surface area contributed by atoms with Crippen molar-refractivity contribution in [3.05, 3.63) is 81.6 Å². The number of H-pyrrole nitrogens is 1. The molecule has 0 atom stereocenters. The van der Waals surface area contributed by atoms with Crippen molar-refractivity contribution in [3.8, 4) is 17.3 Å². The van der Waals surface area contributed by atoms with Crippen LogP contribution in [-0.4, -0.2) is 16.2 Å². The Kier molecular flexibility index (Phi) is 5.20. The summed E-state index contributed by atoms with van der Waals surface area (Å²) in [5.41, 5.74) is 5.38. The summed E-state index contributed by atoms with van der Waals surface area (Å²) in [4.78, 5) is 19.1. The number of hydrazone groups is 1. The lowest BCUT2D eigenvalue weighted by Crippen LogP contribution is -2.16. The molecule has 0 unspecified atom stereocenters. The Hall–Kier alpha value is -3.72. The van der Waals surface area contributed by atoms with Crippen molar-refractivity contribution in [1.29, 1.82) is 5.26 Å². The van der Waals surface area contributed by atoms with Crippen LogP contribution >= 0.6 is 0 Å². The minimum Gasteiger partial charge on any atom is -0.290 e. The Morgan fingerprint density at radius 3 is 2.65 bits per heavy atom. The van der Waals surface area contributed by atoms with Crippen LogP contribution < -0.4 is 11.0 Å². The molecule has 0 radical (unpaired) electrons. The first-order valence-corrected chi connectivity index (χ1v) is 8.19. The normalized spacial score (nSPS) is 10.6. The molecule has 0 aliphatic rings. The Bertz CT molecular complexity index is 1030. The van der Waals surface area contributed by atoms with E-state index in [2.05, 4.69) is 27.4 Å². The van der Waals surface area contributed by atoms with Crippen molar-refractivity contribution in [3.63, 3.8) is 0 Å². The number of hydrogen-bond acceptors (Lipinski definition) is 5. The number of aryl methyl sites for hydroxylation is 1. The van der Waals surface area contributed by atoms with Gasteiger partial charge in [0, 0.05) is 5.56 Å². The number of aromatic amines is 1. The smallest absolute Gasteiger partial charge is 0.270 e. The molecule has 0 fully saturated rings. The van der Waals surface area contributed by atoms with Crippen LogP contribution in [0.5, 0.6) is 0 Å². The number of aromatic nitrogens is 2. The van der Waals surface area contributed by atoms with E-state index < -0.39 is 5.56 Å². The molecule has 26 heavy (non-hydrogen) atoms. The molecule has 3 rings (SSSR count). The predicted molar refractivity (Wildman–Crippen MR) is 102 cm³/mol. The van der Waals surface area contributed by atoms with Crippen LogP contribution in [0.25, 0.3) is 11.3 Å². The Morgan fingerprint density at radius 2 is 1.92 bits per heavy atom. The molecule has 3 aromatic rings. The number of nitrogens with one attached hydrogen (secondary N) is 2. The zero-order valence-electron chi connectivity index (χ0n) is 14.2. The van der Waals surface area contributed by atoms with Gasteiger partial charge in [-0.2, -0.15) is 10.4 Å². The van der Waals surface area contributed by atoms with Crippen LogP contribution in [0.1, 0.15) is 23.6 Å². The third-order valence-corrected chi connectivity index (χ3v) is 3.89. The standard InChI is InChI=1S/C20H17N5O/c1-2-14-8-6-7-11-16(14)13-22-25-20-23-18(15-9-4-3-5-10-15)17(12-21)19(26)24-20/h3-11,13H,2H2,1H3,(H2,23,24,25,26). The molecule has 6 heteroatoms. The summed E-state index contributed by atoms with van der Waals surface area (Å²) in [6, 6.07) is 18.9. The second-order valence-corrected chi connectivity index (χ2v) is 5.54. The Balaban J connectivity index is 1.92. The molecule has 0 amide bonds. The molecule has 1 heterocycles. The molecule has 2 N–H and O–H groups in total. The molecule has 0 saturated heterocycles. The Morgan fingerprint density at radius 1 is 1.19 bits per heavy atom. The van der Waals surface area contributed by atoms with Gasteiger partial charge < -0.3 is 0 Å².